The van der Waals surface area contributed by atoms with Gasteiger partial charge in [-0.15, -0.1) is 11.3 Å². The minimum Gasteiger partial charge on any atom is -0.346 e. The van der Waals surface area contributed by atoms with Gasteiger partial charge in [0.05, 0.1) is 17.7 Å². The summed E-state index contributed by atoms with van der Waals surface area (Å²) in [6.45, 7) is 2.44. The Morgan fingerprint density at radius 2 is 2.03 bits per heavy atom. The zero-order chi connectivity index (χ0) is 21.3. The number of carbonyl (C=O) groups is 2. The summed E-state index contributed by atoms with van der Waals surface area (Å²) in [5.41, 5.74) is 3.76. The first kappa shape index (κ1) is 20.0. The highest BCUT2D eigenvalue weighted by Crippen LogP contribution is 2.22. The summed E-state index contributed by atoms with van der Waals surface area (Å²) in [5, 5.41) is 4.59. The molecule has 0 bridgehead atoms. The minimum atomic E-state index is -0.489. The van der Waals surface area contributed by atoms with E-state index in [0.29, 0.717) is 36.5 Å². The van der Waals surface area contributed by atoms with Gasteiger partial charge in [0.2, 0.25) is 5.91 Å². The van der Waals surface area contributed by atoms with Crippen LogP contribution in [0.1, 0.15) is 34.1 Å². The predicted molar refractivity (Wildman–Crippen MR) is 110 cm³/mol. The standard InChI is InChI=1S/C21H19FN4O3S/c1-13(27)25-7-6-18-14(9-25)10-26(17-4-2-15(22)3-5-17)21(29)19(18)20(28)23-8-16-11-30-12-24-16/h2-5,10-12H,6-9H2,1H3,(H,23,28). The molecule has 2 amide bonds. The van der Waals surface area contributed by atoms with Crippen molar-refractivity contribution in [1.29, 1.82) is 0 Å². The van der Waals surface area contributed by atoms with Crippen LogP contribution in [0, 0.1) is 5.82 Å². The maximum Gasteiger partial charge on any atom is 0.268 e. The van der Waals surface area contributed by atoms with Crippen LogP contribution in [0.4, 0.5) is 4.39 Å². The highest BCUT2D eigenvalue weighted by molar-refractivity contribution is 7.07. The number of pyridine rings is 1. The average Bonchev–Trinajstić information content (AvgIpc) is 3.25. The number of thiazole rings is 1. The molecule has 4 rings (SSSR count). The number of fused-ring (bicyclic) bond motifs is 1. The van der Waals surface area contributed by atoms with Crippen molar-refractivity contribution in [3.8, 4) is 5.69 Å². The van der Waals surface area contributed by atoms with Crippen LogP contribution in [-0.4, -0.2) is 32.8 Å². The van der Waals surface area contributed by atoms with E-state index in [2.05, 4.69) is 10.3 Å². The van der Waals surface area contributed by atoms with E-state index < -0.39 is 17.3 Å². The van der Waals surface area contributed by atoms with Crippen molar-refractivity contribution in [3.63, 3.8) is 0 Å². The number of nitrogens with one attached hydrogen (secondary N) is 1. The molecule has 154 valence electrons. The third-order valence-corrected chi connectivity index (χ3v) is 5.73. The van der Waals surface area contributed by atoms with Crippen LogP contribution < -0.4 is 10.9 Å². The Balaban J connectivity index is 1.78. The Hall–Kier alpha value is -3.33. The van der Waals surface area contributed by atoms with Crippen molar-refractivity contribution >= 4 is 23.2 Å². The fraction of sp³-hybridized carbons (Fsp3) is 0.238. The second-order valence-electron chi connectivity index (χ2n) is 7.01. The molecule has 3 heterocycles. The first-order valence-corrected chi connectivity index (χ1v) is 10.3. The maximum absolute atomic E-state index is 13.4. The van der Waals surface area contributed by atoms with E-state index in [9.17, 15) is 18.8 Å². The lowest BCUT2D eigenvalue weighted by Crippen LogP contribution is -2.40. The average molecular weight is 426 g/mol. The predicted octanol–water partition coefficient (Wildman–Crippen LogP) is 2.27. The molecule has 0 unspecified atom stereocenters. The van der Waals surface area contributed by atoms with E-state index in [1.807, 2.05) is 5.38 Å². The van der Waals surface area contributed by atoms with Crippen LogP contribution >= 0.6 is 11.3 Å². The fourth-order valence-corrected chi connectivity index (χ4v) is 4.09. The Labute approximate surface area is 175 Å². The minimum absolute atomic E-state index is 0.0512. The van der Waals surface area contributed by atoms with Gasteiger partial charge < -0.3 is 10.2 Å². The van der Waals surface area contributed by atoms with Gasteiger partial charge in [0.15, 0.2) is 0 Å². The number of hydrogen-bond acceptors (Lipinski definition) is 5. The lowest BCUT2D eigenvalue weighted by Gasteiger charge is -2.29. The molecule has 7 nitrogen and oxygen atoms in total. The van der Waals surface area contributed by atoms with Crippen molar-refractivity contribution in [3.05, 3.63) is 79.9 Å². The van der Waals surface area contributed by atoms with Gasteiger partial charge in [0.1, 0.15) is 11.4 Å². The maximum atomic E-state index is 13.4. The second kappa shape index (κ2) is 8.19. The highest BCUT2D eigenvalue weighted by Gasteiger charge is 2.27. The smallest absolute Gasteiger partial charge is 0.268 e. The van der Waals surface area contributed by atoms with Gasteiger partial charge in [-0.1, -0.05) is 0 Å². The summed E-state index contributed by atoms with van der Waals surface area (Å²) in [5.74, 6) is -0.986. The van der Waals surface area contributed by atoms with Gasteiger partial charge in [-0.2, -0.15) is 0 Å². The molecule has 0 fully saturated rings. The van der Waals surface area contributed by atoms with Gasteiger partial charge in [-0.05, 0) is 41.8 Å². The fourth-order valence-electron chi connectivity index (χ4n) is 3.54. The molecule has 1 aliphatic rings. The van der Waals surface area contributed by atoms with Crippen LogP contribution in [0.5, 0.6) is 0 Å². The number of benzene rings is 1. The molecule has 1 aliphatic heterocycles. The number of amides is 2. The van der Waals surface area contributed by atoms with Crippen LogP contribution in [0.25, 0.3) is 5.69 Å². The number of nitrogens with zero attached hydrogens (tertiary/aromatic N) is 3. The third kappa shape index (κ3) is 3.88. The molecular formula is C21H19FN4O3S. The van der Waals surface area contributed by atoms with Gasteiger partial charge >= 0.3 is 0 Å². The second-order valence-corrected chi connectivity index (χ2v) is 7.73. The van der Waals surface area contributed by atoms with E-state index in [4.69, 9.17) is 0 Å². The molecule has 1 N–H and O–H groups in total. The Morgan fingerprint density at radius 1 is 1.27 bits per heavy atom. The molecule has 0 saturated heterocycles. The van der Waals surface area contributed by atoms with E-state index in [0.717, 1.165) is 5.56 Å². The molecule has 0 spiro atoms. The van der Waals surface area contributed by atoms with Crippen molar-refractivity contribution in [1.82, 2.24) is 19.8 Å². The first-order valence-electron chi connectivity index (χ1n) is 9.38. The van der Waals surface area contributed by atoms with Crippen molar-refractivity contribution in [2.24, 2.45) is 0 Å². The van der Waals surface area contributed by atoms with Crippen LogP contribution in [0.15, 0.2) is 46.1 Å². The van der Waals surface area contributed by atoms with Gasteiger partial charge in [-0.25, -0.2) is 9.37 Å². The van der Waals surface area contributed by atoms with Gasteiger partial charge in [-0.3, -0.25) is 19.0 Å². The molecule has 2 aromatic heterocycles. The SMILES string of the molecule is CC(=O)N1CCc2c(cn(-c3ccc(F)cc3)c(=O)c2C(=O)NCc2cscn2)C1. The van der Waals surface area contributed by atoms with Crippen LogP contribution in [0.3, 0.4) is 0 Å². The van der Waals surface area contributed by atoms with E-state index >= 15 is 0 Å². The third-order valence-electron chi connectivity index (χ3n) is 5.09. The summed E-state index contributed by atoms with van der Waals surface area (Å²) >= 11 is 1.42. The summed E-state index contributed by atoms with van der Waals surface area (Å²) in [6.07, 6.45) is 2.05. The normalized spacial score (nSPS) is 13.1. The molecule has 0 radical (unpaired) electrons. The number of rotatable bonds is 4. The van der Waals surface area contributed by atoms with Gasteiger partial charge in [0, 0.05) is 37.3 Å². The Bertz CT molecular complexity index is 1160. The molecule has 1 aromatic carbocycles. The number of aromatic nitrogens is 2. The Morgan fingerprint density at radius 3 is 2.70 bits per heavy atom. The topological polar surface area (TPSA) is 84.3 Å². The number of carbonyl (C=O) groups excluding carboxylic acids is 2. The summed E-state index contributed by atoms with van der Waals surface area (Å²) in [7, 11) is 0. The molecular weight excluding hydrogens is 407 g/mol. The Kier molecular flexibility index (Phi) is 5.45. The molecule has 30 heavy (non-hydrogen) atoms. The molecule has 0 atom stereocenters. The quantitative estimate of drug-likeness (QED) is 0.694. The monoisotopic (exact) mass is 426 g/mol. The summed E-state index contributed by atoms with van der Waals surface area (Å²) in [6, 6.07) is 5.47. The molecule has 0 saturated carbocycles. The first-order chi connectivity index (χ1) is 14.4. The summed E-state index contributed by atoms with van der Waals surface area (Å²) in [4.78, 5) is 43.9. The molecule has 3 aromatic rings. The van der Waals surface area contributed by atoms with Crippen molar-refractivity contribution in [2.45, 2.75) is 26.4 Å². The van der Waals surface area contributed by atoms with E-state index in [1.165, 1.54) is 47.1 Å². The highest BCUT2D eigenvalue weighted by atomic mass is 32.1. The lowest BCUT2D eigenvalue weighted by molar-refractivity contribution is -0.129. The molecule has 0 aliphatic carbocycles. The van der Waals surface area contributed by atoms with E-state index in [1.54, 1.807) is 16.6 Å². The lowest BCUT2D eigenvalue weighted by atomic mass is 9.95. The molecule has 9 heteroatoms. The van der Waals surface area contributed by atoms with Crippen LogP contribution in [-0.2, 0) is 24.3 Å². The van der Waals surface area contributed by atoms with E-state index in [-0.39, 0.29) is 18.0 Å². The number of halogens is 1. The van der Waals surface area contributed by atoms with Crippen molar-refractivity contribution < 1.29 is 14.0 Å². The van der Waals surface area contributed by atoms with Crippen LogP contribution in [0.2, 0.25) is 0 Å². The zero-order valence-electron chi connectivity index (χ0n) is 16.2. The number of hydrogen-bond donors (Lipinski definition) is 1. The summed E-state index contributed by atoms with van der Waals surface area (Å²) < 4.78 is 14.7. The zero-order valence-corrected chi connectivity index (χ0v) is 17.0. The largest absolute Gasteiger partial charge is 0.346 e. The van der Waals surface area contributed by atoms with Gasteiger partial charge in [0.25, 0.3) is 11.5 Å². The van der Waals surface area contributed by atoms with Crippen molar-refractivity contribution in [2.75, 3.05) is 6.54 Å².